The molecule has 0 saturated carbocycles. The zero-order valence-corrected chi connectivity index (χ0v) is 16.7. The van der Waals surface area contributed by atoms with Crippen LogP contribution in [0.3, 0.4) is 0 Å². The Bertz CT molecular complexity index is 450. The molecule has 1 heterocycles. The van der Waals surface area contributed by atoms with Crippen molar-refractivity contribution in [3.8, 4) is 0 Å². The molecule has 0 atom stereocenters. The molecule has 0 spiro atoms. The van der Waals surface area contributed by atoms with Gasteiger partial charge in [-0.25, -0.2) is 0 Å². The molecule has 1 aliphatic heterocycles. The molecule has 1 fully saturated rings. The first kappa shape index (κ1) is 20.9. The second-order valence-corrected chi connectivity index (χ2v) is 8.83. The largest absolute Gasteiger partial charge is 0.462 e. The Morgan fingerprint density at radius 3 is 1.96 bits per heavy atom. The molecular weight excluding hydrogens is 306 g/mol. The maximum absolute atomic E-state index is 12.4. The van der Waals surface area contributed by atoms with E-state index in [9.17, 15) is 9.59 Å². The van der Waals surface area contributed by atoms with Crippen LogP contribution in [0.5, 0.6) is 0 Å². The van der Waals surface area contributed by atoms with Crippen molar-refractivity contribution in [2.75, 3.05) is 20.3 Å². The second kappa shape index (κ2) is 7.42. The summed E-state index contributed by atoms with van der Waals surface area (Å²) in [4.78, 5) is 26.6. The monoisotopic (exact) mass is 341 g/mol. The fourth-order valence-electron chi connectivity index (χ4n) is 3.27. The highest BCUT2D eigenvalue weighted by atomic mass is 16.6. The van der Waals surface area contributed by atoms with Crippen molar-refractivity contribution in [3.63, 3.8) is 0 Å². The summed E-state index contributed by atoms with van der Waals surface area (Å²) in [6.07, 6.45) is 2.26. The lowest BCUT2D eigenvalue weighted by Gasteiger charge is -2.53. The minimum atomic E-state index is -0.494. The fourth-order valence-corrected chi connectivity index (χ4v) is 3.27. The van der Waals surface area contributed by atoms with Gasteiger partial charge in [0.2, 0.25) is 0 Å². The van der Waals surface area contributed by atoms with E-state index in [4.69, 9.17) is 9.47 Å². The van der Waals surface area contributed by atoms with Crippen LogP contribution in [-0.2, 0) is 19.1 Å². The molecule has 1 aliphatic rings. The third-order valence-electron chi connectivity index (χ3n) is 5.64. The van der Waals surface area contributed by atoms with Crippen molar-refractivity contribution in [1.29, 1.82) is 0 Å². The van der Waals surface area contributed by atoms with E-state index in [0.29, 0.717) is 6.42 Å². The third kappa shape index (κ3) is 4.95. The van der Waals surface area contributed by atoms with E-state index in [2.05, 4.69) is 39.6 Å². The van der Waals surface area contributed by atoms with Crippen molar-refractivity contribution in [2.45, 2.75) is 78.8 Å². The van der Waals surface area contributed by atoms with Gasteiger partial charge < -0.3 is 9.47 Å². The molecule has 0 radical (unpaired) electrons. The van der Waals surface area contributed by atoms with Crippen LogP contribution in [0.4, 0.5) is 0 Å². The number of rotatable bonds is 6. The van der Waals surface area contributed by atoms with Gasteiger partial charge in [0.15, 0.2) is 0 Å². The van der Waals surface area contributed by atoms with Gasteiger partial charge in [0.25, 0.3) is 0 Å². The standard InChI is InChI=1S/C19H35NO4/c1-9-17(2,3)16(22)24-11-10-23-15(21)14-12-18(4,5)20(8)19(6,7)13-14/h14H,9-13H2,1-8H3. The van der Waals surface area contributed by atoms with Crippen molar-refractivity contribution in [1.82, 2.24) is 4.90 Å². The summed E-state index contributed by atoms with van der Waals surface area (Å²) in [5, 5.41) is 0. The maximum Gasteiger partial charge on any atom is 0.311 e. The van der Waals surface area contributed by atoms with Crippen LogP contribution in [0.2, 0.25) is 0 Å². The lowest BCUT2D eigenvalue weighted by molar-refractivity contribution is -0.163. The van der Waals surface area contributed by atoms with E-state index in [1.165, 1.54) is 0 Å². The maximum atomic E-state index is 12.4. The first-order valence-corrected chi connectivity index (χ1v) is 8.91. The topological polar surface area (TPSA) is 55.8 Å². The second-order valence-electron chi connectivity index (χ2n) is 8.83. The summed E-state index contributed by atoms with van der Waals surface area (Å²) in [5.74, 6) is -0.549. The van der Waals surface area contributed by atoms with E-state index >= 15 is 0 Å². The van der Waals surface area contributed by atoms with Crippen LogP contribution in [0.15, 0.2) is 0 Å². The van der Waals surface area contributed by atoms with E-state index in [1.54, 1.807) is 0 Å². The Hall–Kier alpha value is -1.10. The zero-order valence-electron chi connectivity index (χ0n) is 16.7. The van der Waals surface area contributed by atoms with Gasteiger partial charge in [0.05, 0.1) is 11.3 Å². The first-order chi connectivity index (χ1) is 10.8. The number of likely N-dealkylation sites (tertiary alicyclic amines) is 1. The number of hydrogen-bond acceptors (Lipinski definition) is 5. The van der Waals surface area contributed by atoms with Gasteiger partial charge >= 0.3 is 11.9 Å². The van der Waals surface area contributed by atoms with Crippen molar-refractivity contribution in [3.05, 3.63) is 0 Å². The molecule has 0 aromatic heterocycles. The van der Waals surface area contributed by atoms with Crippen LogP contribution in [0, 0.1) is 11.3 Å². The average molecular weight is 341 g/mol. The van der Waals surface area contributed by atoms with E-state index in [1.807, 2.05) is 20.8 Å². The molecule has 0 N–H and O–H groups in total. The molecule has 0 unspecified atom stereocenters. The molecule has 5 nitrogen and oxygen atoms in total. The normalized spacial score (nSPS) is 21.3. The summed E-state index contributed by atoms with van der Waals surface area (Å²) < 4.78 is 10.6. The van der Waals surface area contributed by atoms with Gasteiger partial charge in [-0.1, -0.05) is 6.92 Å². The number of carbonyl (C=O) groups excluding carboxylic acids is 2. The van der Waals surface area contributed by atoms with Gasteiger partial charge in [0, 0.05) is 11.1 Å². The van der Waals surface area contributed by atoms with Crippen LogP contribution in [0.25, 0.3) is 0 Å². The zero-order chi connectivity index (χ0) is 18.8. The minimum absolute atomic E-state index is 0.0525. The summed E-state index contributed by atoms with van der Waals surface area (Å²) in [5.41, 5.74) is -0.599. The summed E-state index contributed by atoms with van der Waals surface area (Å²) in [6.45, 7) is 14.5. The summed E-state index contributed by atoms with van der Waals surface area (Å²) in [6, 6.07) is 0. The molecule has 140 valence electrons. The van der Waals surface area contributed by atoms with Crippen LogP contribution < -0.4 is 0 Å². The fraction of sp³-hybridized carbons (Fsp3) is 0.895. The molecule has 24 heavy (non-hydrogen) atoms. The molecule has 0 aliphatic carbocycles. The van der Waals surface area contributed by atoms with Crippen molar-refractivity contribution >= 4 is 11.9 Å². The number of nitrogens with zero attached hydrogens (tertiary/aromatic N) is 1. The highest BCUT2D eigenvalue weighted by Crippen LogP contribution is 2.40. The number of carbonyl (C=O) groups is 2. The summed E-state index contributed by atoms with van der Waals surface area (Å²) >= 11 is 0. The molecule has 0 amide bonds. The molecule has 1 saturated heterocycles. The van der Waals surface area contributed by atoms with Gasteiger partial charge in [-0.05, 0) is 67.9 Å². The van der Waals surface area contributed by atoms with E-state index in [-0.39, 0.29) is 42.1 Å². The number of hydrogen-bond donors (Lipinski definition) is 0. The smallest absolute Gasteiger partial charge is 0.311 e. The highest BCUT2D eigenvalue weighted by molar-refractivity contribution is 5.76. The van der Waals surface area contributed by atoms with E-state index < -0.39 is 5.41 Å². The predicted octanol–water partition coefficient (Wildman–Crippen LogP) is 3.41. The SMILES string of the molecule is CCC(C)(C)C(=O)OCCOC(=O)C1CC(C)(C)N(C)C(C)(C)C1. The Morgan fingerprint density at radius 1 is 1.04 bits per heavy atom. The van der Waals surface area contributed by atoms with Gasteiger partial charge in [-0.3, -0.25) is 14.5 Å². The van der Waals surface area contributed by atoms with E-state index in [0.717, 1.165) is 12.8 Å². The van der Waals surface area contributed by atoms with Gasteiger partial charge in [-0.2, -0.15) is 0 Å². The predicted molar refractivity (Wildman–Crippen MR) is 94.6 cm³/mol. The average Bonchev–Trinajstić information content (AvgIpc) is 2.47. The summed E-state index contributed by atoms with van der Waals surface area (Å²) in [7, 11) is 2.11. The minimum Gasteiger partial charge on any atom is -0.462 e. The van der Waals surface area contributed by atoms with Gasteiger partial charge in [-0.15, -0.1) is 0 Å². The van der Waals surface area contributed by atoms with Crippen molar-refractivity contribution < 1.29 is 19.1 Å². The first-order valence-electron chi connectivity index (χ1n) is 8.91. The lowest BCUT2D eigenvalue weighted by atomic mass is 9.74. The van der Waals surface area contributed by atoms with Gasteiger partial charge in [0.1, 0.15) is 13.2 Å². The molecule has 0 aromatic rings. The van der Waals surface area contributed by atoms with Crippen molar-refractivity contribution in [2.24, 2.45) is 11.3 Å². The lowest BCUT2D eigenvalue weighted by Crippen LogP contribution is -2.59. The third-order valence-corrected chi connectivity index (χ3v) is 5.64. The molecule has 0 aromatic carbocycles. The highest BCUT2D eigenvalue weighted by Gasteiger charge is 2.45. The quantitative estimate of drug-likeness (QED) is 0.547. The van der Waals surface area contributed by atoms with Crippen LogP contribution in [-0.4, -0.2) is 48.2 Å². The van der Waals surface area contributed by atoms with Crippen LogP contribution in [0.1, 0.15) is 67.7 Å². The molecular formula is C19H35NO4. The Morgan fingerprint density at radius 2 is 1.50 bits per heavy atom. The number of esters is 2. The Labute approximate surface area is 147 Å². The molecule has 0 bridgehead atoms. The Kier molecular flexibility index (Phi) is 6.48. The Balaban J connectivity index is 2.48. The number of piperidine rings is 1. The number of ether oxygens (including phenoxy) is 2. The van der Waals surface area contributed by atoms with Crippen LogP contribution >= 0.6 is 0 Å². The molecule has 5 heteroatoms. The molecule has 1 rings (SSSR count).